The minimum absolute atomic E-state index is 0.0673. The monoisotopic (exact) mass is 265 g/mol. The highest BCUT2D eigenvalue weighted by Crippen LogP contribution is 2.15. The Hall–Kier alpha value is -2.27. The first-order chi connectivity index (χ1) is 8.56. The maximum absolute atomic E-state index is 11.7. The van der Waals surface area contributed by atoms with Gasteiger partial charge in [0.2, 0.25) is 0 Å². The van der Waals surface area contributed by atoms with Crippen LogP contribution in [-0.2, 0) is 0 Å². The molecule has 1 aromatic carbocycles. The Kier molecular flexibility index (Phi) is 3.34. The van der Waals surface area contributed by atoms with Crippen molar-refractivity contribution in [2.75, 3.05) is 5.32 Å². The highest BCUT2D eigenvalue weighted by molar-refractivity contribution is 6.30. The van der Waals surface area contributed by atoms with Crippen molar-refractivity contribution in [3.8, 4) is 0 Å². The summed E-state index contributed by atoms with van der Waals surface area (Å²) in [7, 11) is 0. The van der Waals surface area contributed by atoms with Gasteiger partial charge in [0, 0.05) is 16.8 Å². The Balaban J connectivity index is 2.11. The van der Waals surface area contributed by atoms with Gasteiger partial charge in [0.05, 0.1) is 5.56 Å². The second kappa shape index (κ2) is 4.93. The van der Waals surface area contributed by atoms with Gasteiger partial charge in [-0.1, -0.05) is 11.6 Å². The van der Waals surface area contributed by atoms with Crippen molar-refractivity contribution in [1.29, 1.82) is 0 Å². The Morgan fingerprint density at radius 1 is 1.22 bits per heavy atom. The number of hydrogen-bond donors (Lipinski definition) is 2. The maximum atomic E-state index is 11.7. The number of nitrogens with one attached hydrogen (secondary N) is 1. The zero-order valence-corrected chi connectivity index (χ0v) is 9.77. The number of furan rings is 1. The lowest BCUT2D eigenvalue weighted by molar-refractivity contribution is 0.0696. The van der Waals surface area contributed by atoms with Crippen LogP contribution in [0.25, 0.3) is 0 Å². The molecule has 1 amide bonds. The Labute approximate surface area is 107 Å². The molecule has 92 valence electrons. The van der Waals surface area contributed by atoms with E-state index in [1.807, 2.05) is 0 Å². The SMILES string of the molecule is O=C(O)c1coc(C(=O)Nc2ccc(Cl)cc2)c1. The van der Waals surface area contributed by atoms with E-state index >= 15 is 0 Å². The fourth-order valence-corrected chi connectivity index (χ4v) is 1.42. The third kappa shape index (κ3) is 2.70. The number of carbonyl (C=O) groups excluding carboxylic acids is 1. The summed E-state index contributed by atoms with van der Waals surface area (Å²) in [5.74, 6) is -1.74. The van der Waals surface area contributed by atoms with Gasteiger partial charge in [0.25, 0.3) is 5.91 Å². The molecule has 18 heavy (non-hydrogen) atoms. The number of carboxylic acids is 1. The van der Waals surface area contributed by atoms with Crippen LogP contribution < -0.4 is 5.32 Å². The summed E-state index contributed by atoms with van der Waals surface area (Å²) >= 11 is 5.71. The third-order valence-corrected chi connectivity index (χ3v) is 2.42. The lowest BCUT2D eigenvalue weighted by Gasteiger charge is -2.02. The molecule has 0 atom stereocenters. The smallest absolute Gasteiger partial charge is 0.338 e. The minimum Gasteiger partial charge on any atom is -0.478 e. The van der Waals surface area contributed by atoms with Crippen LogP contribution in [-0.4, -0.2) is 17.0 Å². The van der Waals surface area contributed by atoms with Crippen LogP contribution in [0.3, 0.4) is 0 Å². The molecule has 0 unspecified atom stereocenters. The molecule has 0 radical (unpaired) electrons. The summed E-state index contributed by atoms with van der Waals surface area (Å²) in [6.07, 6.45) is 1.01. The fourth-order valence-electron chi connectivity index (χ4n) is 1.29. The predicted molar refractivity (Wildman–Crippen MR) is 65.1 cm³/mol. The molecule has 1 heterocycles. The van der Waals surface area contributed by atoms with Gasteiger partial charge in [-0.2, -0.15) is 0 Å². The van der Waals surface area contributed by atoms with Gasteiger partial charge in [0.15, 0.2) is 5.76 Å². The van der Waals surface area contributed by atoms with Gasteiger partial charge in [-0.3, -0.25) is 4.79 Å². The minimum atomic E-state index is -1.15. The molecule has 1 aromatic heterocycles. The number of hydrogen-bond acceptors (Lipinski definition) is 3. The van der Waals surface area contributed by atoms with E-state index in [1.54, 1.807) is 24.3 Å². The van der Waals surface area contributed by atoms with Gasteiger partial charge in [-0.15, -0.1) is 0 Å². The summed E-state index contributed by atoms with van der Waals surface area (Å²) < 4.78 is 4.86. The standard InChI is InChI=1S/C12H8ClNO4/c13-8-1-3-9(4-2-8)14-11(15)10-5-7(6-18-10)12(16)17/h1-6H,(H,14,15)(H,16,17). The lowest BCUT2D eigenvalue weighted by atomic mass is 10.3. The second-order valence-corrected chi connectivity index (χ2v) is 3.90. The van der Waals surface area contributed by atoms with Crippen LogP contribution in [0.1, 0.15) is 20.9 Å². The molecule has 0 aliphatic rings. The van der Waals surface area contributed by atoms with Crippen LogP contribution in [0.5, 0.6) is 0 Å². The van der Waals surface area contributed by atoms with Crippen molar-refractivity contribution in [3.63, 3.8) is 0 Å². The number of aromatic carboxylic acids is 1. The van der Waals surface area contributed by atoms with E-state index in [9.17, 15) is 9.59 Å². The highest BCUT2D eigenvalue weighted by Gasteiger charge is 2.14. The van der Waals surface area contributed by atoms with Crippen LogP contribution in [0.2, 0.25) is 5.02 Å². The van der Waals surface area contributed by atoms with Crippen molar-refractivity contribution in [1.82, 2.24) is 0 Å². The average Bonchev–Trinajstić information content (AvgIpc) is 2.81. The number of carboxylic acid groups (broad SMARTS) is 1. The van der Waals surface area contributed by atoms with Crippen LogP contribution in [0.4, 0.5) is 5.69 Å². The van der Waals surface area contributed by atoms with Gasteiger partial charge < -0.3 is 14.8 Å². The van der Waals surface area contributed by atoms with Gasteiger partial charge in [-0.05, 0) is 24.3 Å². The highest BCUT2D eigenvalue weighted by atomic mass is 35.5. The molecule has 2 aromatic rings. The van der Waals surface area contributed by atoms with Crippen molar-refractivity contribution < 1.29 is 19.1 Å². The topological polar surface area (TPSA) is 79.5 Å². The summed E-state index contributed by atoms with van der Waals surface area (Å²) in [4.78, 5) is 22.3. The largest absolute Gasteiger partial charge is 0.478 e. The zero-order valence-electron chi connectivity index (χ0n) is 9.01. The number of halogens is 1. The van der Waals surface area contributed by atoms with E-state index in [1.165, 1.54) is 0 Å². The van der Waals surface area contributed by atoms with Gasteiger partial charge in [0.1, 0.15) is 6.26 Å². The molecule has 2 N–H and O–H groups in total. The van der Waals surface area contributed by atoms with Gasteiger partial charge in [-0.25, -0.2) is 4.79 Å². The third-order valence-electron chi connectivity index (χ3n) is 2.17. The molecular formula is C12H8ClNO4. The molecule has 0 aliphatic heterocycles. The summed E-state index contributed by atoms with van der Waals surface area (Å²) in [6.45, 7) is 0. The Morgan fingerprint density at radius 2 is 1.89 bits per heavy atom. The van der Waals surface area contributed by atoms with Gasteiger partial charge >= 0.3 is 5.97 Å². The van der Waals surface area contributed by atoms with E-state index in [4.69, 9.17) is 21.1 Å². The van der Waals surface area contributed by atoms with Crippen molar-refractivity contribution in [3.05, 3.63) is 52.9 Å². The molecule has 0 fully saturated rings. The van der Waals surface area contributed by atoms with E-state index in [0.29, 0.717) is 10.7 Å². The number of amides is 1. The molecular weight excluding hydrogens is 258 g/mol. The number of carbonyl (C=O) groups is 2. The zero-order chi connectivity index (χ0) is 13.1. The van der Waals surface area contributed by atoms with E-state index in [-0.39, 0.29) is 11.3 Å². The summed E-state index contributed by atoms with van der Waals surface area (Å²) in [6, 6.07) is 7.67. The van der Waals surface area contributed by atoms with Crippen molar-refractivity contribution in [2.45, 2.75) is 0 Å². The molecule has 0 saturated heterocycles. The van der Waals surface area contributed by atoms with E-state index in [2.05, 4.69) is 5.32 Å². The van der Waals surface area contributed by atoms with Crippen LogP contribution in [0.15, 0.2) is 41.0 Å². The normalized spacial score (nSPS) is 10.1. The van der Waals surface area contributed by atoms with Crippen molar-refractivity contribution in [2.24, 2.45) is 0 Å². The molecule has 0 aliphatic carbocycles. The quantitative estimate of drug-likeness (QED) is 0.894. The Morgan fingerprint density at radius 3 is 2.44 bits per heavy atom. The van der Waals surface area contributed by atoms with E-state index < -0.39 is 11.9 Å². The average molecular weight is 266 g/mol. The number of benzene rings is 1. The molecule has 0 spiro atoms. The first-order valence-electron chi connectivity index (χ1n) is 4.95. The Bertz CT molecular complexity index is 588. The van der Waals surface area contributed by atoms with Crippen LogP contribution >= 0.6 is 11.6 Å². The molecule has 0 bridgehead atoms. The second-order valence-electron chi connectivity index (χ2n) is 3.47. The van der Waals surface area contributed by atoms with Crippen LogP contribution in [0, 0.1) is 0 Å². The first kappa shape index (κ1) is 12.2. The van der Waals surface area contributed by atoms with E-state index in [0.717, 1.165) is 12.3 Å². The lowest BCUT2D eigenvalue weighted by Crippen LogP contribution is -2.10. The number of rotatable bonds is 3. The molecule has 2 rings (SSSR count). The number of anilines is 1. The molecule has 6 heteroatoms. The molecule has 5 nitrogen and oxygen atoms in total. The summed E-state index contributed by atoms with van der Waals surface area (Å²) in [5.41, 5.74) is 0.467. The maximum Gasteiger partial charge on any atom is 0.338 e. The molecule has 0 saturated carbocycles. The fraction of sp³-hybridized carbons (Fsp3) is 0. The summed E-state index contributed by atoms with van der Waals surface area (Å²) in [5, 5.41) is 11.8. The first-order valence-corrected chi connectivity index (χ1v) is 5.33. The van der Waals surface area contributed by atoms with Crippen molar-refractivity contribution >= 4 is 29.2 Å². The predicted octanol–water partition coefficient (Wildman–Crippen LogP) is 2.88.